The van der Waals surface area contributed by atoms with Crippen molar-refractivity contribution in [2.24, 2.45) is 4.99 Å². The maximum absolute atomic E-state index is 6.12. The zero-order valence-electron chi connectivity index (χ0n) is 17.6. The maximum atomic E-state index is 6.12. The largest absolute Gasteiger partial charge is 0.488 e. The van der Waals surface area contributed by atoms with Gasteiger partial charge in [0.15, 0.2) is 5.96 Å². The van der Waals surface area contributed by atoms with Crippen molar-refractivity contribution in [3.8, 4) is 5.75 Å². The summed E-state index contributed by atoms with van der Waals surface area (Å²) in [5.41, 5.74) is 4.14. The summed E-state index contributed by atoms with van der Waals surface area (Å²) in [6.45, 7) is 13.5. The number of guanidine groups is 1. The lowest BCUT2D eigenvalue weighted by Gasteiger charge is -2.24. The molecule has 1 aromatic heterocycles. The van der Waals surface area contributed by atoms with Crippen molar-refractivity contribution in [2.75, 3.05) is 13.6 Å². The molecule has 2 rings (SSSR count). The van der Waals surface area contributed by atoms with Gasteiger partial charge in [0.1, 0.15) is 17.1 Å². The molecule has 0 fully saturated rings. The first kappa shape index (κ1) is 20.8. The van der Waals surface area contributed by atoms with Crippen LogP contribution < -0.4 is 15.4 Å². The number of rotatable bonds is 6. The van der Waals surface area contributed by atoms with Crippen molar-refractivity contribution in [1.82, 2.24) is 15.8 Å². The summed E-state index contributed by atoms with van der Waals surface area (Å²) < 4.78 is 11.3. The Bertz CT molecular complexity index is 768. The monoisotopic (exact) mass is 372 g/mol. The first-order valence-corrected chi connectivity index (χ1v) is 9.34. The summed E-state index contributed by atoms with van der Waals surface area (Å²) >= 11 is 0. The Morgan fingerprint density at radius 2 is 1.93 bits per heavy atom. The molecule has 0 aliphatic carbocycles. The molecule has 2 aromatic rings. The van der Waals surface area contributed by atoms with Gasteiger partial charge in [-0.05, 0) is 59.6 Å². The molecule has 0 saturated heterocycles. The Kier molecular flexibility index (Phi) is 6.88. The zero-order chi connectivity index (χ0) is 20.0. The number of aliphatic imine (C=N–C) groups is 1. The highest BCUT2D eigenvalue weighted by Crippen LogP contribution is 2.24. The normalized spacial score (nSPS) is 12.2. The first-order chi connectivity index (χ1) is 12.7. The summed E-state index contributed by atoms with van der Waals surface area (Å²) in [6.07, 6.45) is 0.838. The van der Waals surface area contributed by atoms with Crippen molar-refractivity contribution in [3.63, 3.8) is 0 Å². The fraction of sp³-hybridized carbons (Fsp3) is 0.524. The van der Waals surface area contributed by atoms with Gasteiger partial charge in [-0.15, -0.1) is 0 Å². The molecule has 6 heteroatoms. The van der Waals surface area contributed by atoms with Crippen LogP contribution in [0.2, 0.25) is 0 Å². The van der Waals surface area contributed by atoms with Crippen LogP contribution in [0, 0.1) is 20.8 Å². The van der Waals surface area contributed by atoms with Gasteiger partial charge in [0.2, 0.25) is 0 Å². The predicted molar refractivity (Wildman–Crippen MR) is 109 cm³/mol. The molecule has 27 heavy (non-hydrogen) atoms. The van der Waals surface area contributed by atoms with E-state index in [9.17, 15) is 0 Å². The van der Waals surface area contributed by atoms with Crippen LogP contribution in [0.15, 0.2) is 27.7 Å². The lowest BCUT2D eigenvalue weighted by molar-refractivity contribution is 0.129. The minimum absolute atomic E-state index is 0.239. The number of aromatic nitrogens is 1. The lowest BCUT2D eigenvalue weighted by atomic mass is 10.1. The van der Waals surface area contributed by atoms with E-state index in [1.807, 2.05) is 13.8 Å². The Morgan fingerprint density at radius 1 is 1.19 bits per heavy atom. The molecule has 0 saturated carbocycles. The van der Waals surface area contributed by atoms with Gasteiger partial charge in [0.05, 0.1) is 5.69 Å². The number of hydrogen-bond donors (Lipinski definition) is 2. The van der Waals surface area contributed by atoms with Crippen molar-refractivity contribution >= 4 is 5.96 Å². The highest BCUT2D eigenvalue weighted by molar-refractivity contribution is 5.79. The van der Waals surface area contributed by atoms with Crippen molar-refractivity contribution in [2.45, 2.75) is 60.1 Å². The van der Waals surface area contributed by atoms with Gasteiger partial charge in [0, 0.05) is 31.3 Å². The molecular weight excluding hydrogens is 340 g/mol. The summed E-state index contributed by atoms with van der Waals surface area (Å²) in [5, 5.41) is 10.7. The van der Waals surface area contributed by atoms with Crippen LogP contribution in [0.4, 0.5) is 0 Å². The third-order valence-corrected chi connectivity index (χ3v) is 4.16. The van der Waals surface area contributed by atoms with Crippen LogP contribution in [0.5, 0.6) is 5.75 Å². The number of ether oxygens (including phenoxy) is 1. The quantitative estimate of drug-likeness (QED) is 0.598. The smallest absolute Gasteiger partial charge is 0.191 e. The molecule has 0 radical (unpaired) electrons. The van der Waals surface area contributed by atoms with E-state index >= 15 is 0 Å². The summed E-state index contributed by atoms with van der Waals surface area (Å²) in [7, 11) is 1.77. The van der Waals surface area contributed by atoms with Crippen LogP contribution in [0.1, 0.15) is 48.9 Å². The van der Waals surface area contributed by atoms with Crippen molar-refractivity contribution < 1.29 is 9.26 Å². The highest BCUT2D eigenvalue weighted by atomic mass is 16.5. The molecule has 1 heterocycles. The summed E-state index contributed by atoms with van der Waals surface area (Å²) in [5.74, 6) is 2.53. The number of nitrogens with zero attached hydrogens (tertiary/aromatic N) is 2. The van der Waals surface area contributed by atoms with E-state index < -0.39 is 0 Å². The van der Waals surface area contributed by atoms with Gasteiger partial charge in [-0.25, -0.2) is 0 Å². The molecule has 1 aromatic carbocycles. The Hall–Kier alpha value is -2.50. The zero-order valence-corrected chi connectivity index (χ0v) is 17.6. The third-order valence-electron chi connectivity index (χ3n) is 4.16. The summed E-state index contributed by atoms with van der Waals surface area (Å²) in [4.78, 5) is 4.30. The van der Waals surface area contributed by atoms with Crippen LogP contribution >= 0.6 is 0 Å². The van der Waals surface area contributed by atoms with E-state index in [1.54, 1.807) is 7.05 Å². The van der Waals surface area contributed by atoms with E-state index in [0.29, 0.717) is 6.54 Å². The number of aryl methyl sites for hydroxylation is 3. The molecule has 6 nitrogen and oxygen atoms in total. The molecule has 0 amide bonds. The van der Waals surface area contributed by atoms with E-state index in [2.05, 4.69) is 66.7 Å². The number of hydrogen-bond acceptors (Lipinski definition) is 4. The molecule has 0 unspecified atom stereocenters. The fourth-order valence-electron chi connectivity index (χ4n) is 2.80. The fourth-order valence-corrected chi connectivity index (χ4v) is 2.80. The lowest BCUT2D eigenvalue weighted by Crippen LogP contribution is -2.38. The summed E-state index contributed by atoms with van der Waals surface area (Å²) in [6, 6.07) is 6.27. The van der Waals surface area contributed by atoms with E-state index in [1.165, 1.54) is 5.56 Å². The number of nitrogens with one attached hydrogen (secondary N) is 2. The Balaban J connectivity index is 1.94. The van der Waals surface area contributed by atoms with Crippen molar-refractivity contribution in [3.05, 3.63) is 46.3 Å². The topological polar surface area (TPSA) is 71.7 Å². The molecule has 0 aliphatic rings. The second-order valence-corrected chi connectivity index (χ2v) is 7.73. The standard InChI is InChI=1S/C21H32N4O2/c1-14-8-9-17(19(12-14)26-21(4,5)6)13-24-20(22-7)23-11-10-18-15(2)25-27-16(18)3/h8-9,12H,10-11,13H2,1-7H3,(H2,22,23,24). The van der Waals surface area contributed by atoms with Gasteiger partial charge in [-0.1, -0.05) is 17.3 Å². The molecule has 0 bridgehead atoms. The maximum Gasteiger partial charge on any atom is 0.191 e. The van der Waals surface area contributed by atoms with Gasteiger partial charge in [0.25, 0.3) is 0 Å². The van der Waals surface area contributed by atoms with Crippen molar-refractivity contribution in [1.29, 1.82) is 0 Å². The average molecular weight is 373 g/mol. The third kappa shape index (κ3) is 6.31. The van der Waals surface area contributed by atoms with Crippen LogP contribution in [0.25, 0.3) is 0 Å². The molecule has 0 atom stereocenters. The predicted octanol–water partition coefficient (Wildman–Crippen LogP) is 3.68. The van der Waals surface area contributed by atoms with E-state index in [0.717, 1.165) is 47.3 Å². The average Bonchev–Trinajstić information content (AvgIpc) is 2.89. The van der Waals surface area contributed by atoms with Crippen LogP contribution in [-0.2, 0) is 13.0 Å². The Morgan fingerprint density at radius 3 is 2.52 bits per heavy atom. The highest BCUT2D eigenvalue weighted by Gasteiger charge is 2.15. The molecular formula is C21H32N4O2. The minimum atomic E-state index is -0.239. The van der Waals surface area contributed by atoms with Gasteiger partial charge >= 0.3 is 0 Å². The van der Waals surface area contributed by atoms with Gasteiger partial charge in [-0.3, -0.25) is 4.99 Å². The molecule has 0 aliphatic heterocycles. The molecule has 0 spiro atoms. The van der Waals surface area contributed by atoms with Gasteiger partial charge in [-0.2, -0.15) is 0 Å². The SMILES string of the molecule is CN=C(NCCc1c(C)noc1C)NCc1ccc(C)cc1OC(C)(C)C. The first-order valence-electron chi connectivity index (χ1n) is 9.34. The van der Waals surface area contributed by atoms with E-state index in [-0.39, 0.29) is 5.60 Å². The molecule has 2 N–H and O–H groups in total. The Labute approximate surface area is 162 Å². The second-order valence-electron chi connectivity index (χ2n) is 7.73. The van der Waals surface area contributed by atoms with Gasteiger partial charge < -0.3 is 19.9 Å². The minimum Gasteiger partial charge on any atom is -0.488 e. The number of benzene rings is 1. The molecule has 148 valence electrons. The second kappa shape index (κ2) is 8.93. The van der Waals surface area contributed by atoms with E-state index in [4.69, 9.17) is 9.26 Å². The van der Waals surface area contributed by atoms with Crippen LogP contribution in [0.3, 0.4) is 0 Å². The van der Waals surface area contributed by atoms with Crippen LogP contribution in [-0.4, -0.2) is 30.3 Å².